The first-order valence-electron chi connectivity index (χ1n) is 5.43. The maximum atomic E-state index is 11.6. The molecule has 1 aromatic rings. The molecule has 1 unspecified atom stereocenters. The van der Waals surface area contributed by atoms with Gasteiger partial charge < -0.3 is 5.32 Å². The smallest absolute Gasteiger partial charge is 0.250 e. The summed E-state index contributed by atoms with van der Waals surface area (Å²) in [6.45, 7) is 4.01. The molecule has 84 valence electrons. The van der Waals surface area contributed by atoms with Crippen LogP contribution in [0.4, 0.5) is 0 Å². The lowest BCUT2D eigenvalue weighted by molar-refractivity contribution is -0.120. The van der Waals surface area contributed by atoms with Gasteiger partial charge in [-0.3, -0.25) is 14.8 Å². The van der Waals surface area contributed by atoms with E-state index in [2.05, 4.69) is 15.3 Å². The predicted octanol–water partition coefficient (Wildman–Crippen LogP) is 1.18. The van der Waals surface area contributed by atoms with Crippen molar-refractivity contribution in [2.24, 2.45) is 10.9 Å². The maximum absolute atomic E-state index is 11.6. The van der Waals surface area contributed by atoms with Gasteiger partial charge in [0.05, 0.1) is 0 Å². The number of pyridine rings is 1. The van der Waals surface area contributed by atoms with E-state index < -0.39 is 0 Å². The van der Waals surface area contributed by atoms with Gasteiger partial charge in [0, 0.05) is 18.8 Å². The fourth-order valence-corrected chi connectivity index (χ4v) is 1.71. The van der Waals surface area contributed by atoms with E-state index in [4.69, 9.17) is 0 Å². The molecule has 0 bridgehead atoms. The van der Waals surface area contributed by atoms with E-state index in [1.54, 1.807) is 12.4 Å². The van der Waals surface area contributed by atoms with Crippen LogP contribution in [0.3, 0.4) is 0 Å². The molecule has 1 aromatic heterocycles. The molecule has 0 saturated heterocycles. The van der Waals surface area contributed by atoms with Crippen LogP contribution in [-0.2, 0) is 11.2 Å². The number of aromatic nitrogens is 1. The van der Waals surface area contributed by atoms with E-state index in [9.17, 15) is 4.79 Å². The third kappa shape index (κ3) is 2.27. The second kappa shape index (κ2) is 4.43. The highest BCUT2D eigenvalue weighted by atomic mass is 16.2. The molecular formula is C12H15N3O. The summed E-state index contributed by atoms with van der Waals surface area (Å²) in [6, 6.07) is 3.63. The Morgan fingerprint density at radius 1 is 1.38 bits per heavy atom. The first kappa shape index (κ1) is 10.8. The van der Waals surface area contributed by atoms with Gasteiger partial charge in [-0.05, 0) is 23.6 Å². The van der Waals surface area contributed by atoms with E-state index in [0.717, 1.165) is 11.4 Å². The highest BCUT2D eigenvalue weighted by Gasteiger charge is 2.28. The number of hydrogen-bond acceptors (Lipinski definition) is 3. The Morgan fingerprint density at radius 3 is 2.62 bits per heavy atom. The SMILES string of the molecule is CC(C)C1N=C(Cc2ccncc2)NC1=O. The van der Waals surface area contributed by atoms with Crippen molar-refractivity contribution in [3.63, 3.8) is 0 Å². The van der Waals surface area contributed by atoms with Crippen molar-refractivity contribution < 1.29 is 4.79 Å². The van der Waals surface area contributed by atoms with Gasteiger partial charge in [0.1, 0.15) is 11.9 Å². The minimum atomic E-state index is -0.225. The average Bonchev–Trinajstić information content (AvgIpc) is 2.61. The Hall–Kier alpha value is -1.71. The summed E-state index contributed by atoms with van der Waals surface area (Å²) < 4.78 is 0. The fraction of sp³-hybridized carbons (Fsp3) is 0.417. The Bertz CT molecular complexity index is 412. The van der Waals surface area contributed by atoms with Crippen LogP contribution >= 0.6 is 0 Å². The van der Waals surface area contributed by atoms with Gasteiger partial charge in [-0.1, -0.05) is 13.8 Å². The second-order valence-corrected chi connectivity index (χ2v) is 4.29. The van der Waals surface area contributed by atoms with Crippen LogP contribution in [0.1, 0.15) is 19.4 Å². The molecule has 16 heavy (non-hydrogen) atoms. The van der Waals surface area contributed by atoms with Crippen molar-refractivity contribution in [3.05, 3.63) is 30.1 Å². The summed E-state index contributed by atoms with van der Waals surface area (Å²) in [5.41, 5.74) is 1.11. The minimum Gasteiger partial charge on any atom is -0.312 e. The Kier molecular flexibility index (Phi) is 2.99. The molecule has 1 aliphatic rings. The standard InChI is InChI=1S/C12H15N3O/c1-8(2)11-12(16)15-10(14-11)7-9-3-5-13-6-4-9/h3-6,8,11H,7H2,1-2H3,(H,14,15,16). The van der Waals surface area contributed by atoms with Gasteiger partial charge in [-0.2, -0.15) is 0 Å². The number of carbonyl (C=O) groups is 1. The van der Waals surface area contributed by atoms with E-state index in [1.807, 2.05) is 26.0 Å². The van der Waals surface area contributed by atoms with Crippen LogP contribution in [0.25, 0.3) is 0 Å². The van der Waals surface area contributed by atoms with Crippen molar-refractivity contribution in [2.45, 2.75) is 26.3 Å². The van der Waals surface area contributed by atoms with Gasteiger partial charge in [0.15, 0.2) is 0 Å². The summed E-state index contributed by atoms with van der Waals surface area (Å²) in [5.74, 6) is 1.02. The van der Waals surface area contributed by atoms with Crippen LogP contribution in [0.2, 0.25) is 0 Å². The van der Waals surface area contributed by atoms with Crippen LogP contribution in [0, 0.1) is 5.92 Å². The number of nitrogens with one attached hydrogen (secondary N) is 1. The third-order valence-corrected chi connectivity index (χ3v) is 2.58. The lowest BCUT2D eigenvalue weighted by Crippen LogP contribution is -2.31. The van der Waals surface area contributed by atoms with Gasteiger partial charge in [0.25, 0.3) is 0 Å². The number of rotatable bonds is 3. The van der Waals surface area contributed by atoms with Crippen molar-refractivity contribution >= 4 is 11.7 Å². The van der Waals surface area contributed by atoms with Gasteiger partial charge >= 0.3 is 0 Å². The highest BCUT2D eigenvalue weighted by Crippen LogP contribution is 2.12. The quantitative estimate of drug-likeness (QED) is 0.826. The molecule has 1 atom stereocenters. The van der Waals surface area contributed by atoms with Crippen LogP contribution < -0.4 is 5.32 Å². The number of hydrogen-bond donors (Lipinski definition) is 1. The molecular weight excluding hydrogens is 202 g/mol. The first-order valence-corrected chi connectivity index (χ1v) is 5.43. The van der Waals surface area contributed by atoms with Gasteiger partial charge in [-0.15, -0.1) is 0 Å². The summed E-state index contributed by atoms with van der Waals surface area (Å²) in [7, 11) is 0. The van der Waals surface area contributed by atoms with Crippen molar-refractivity contribution in [3.8, 4) is 0 Å². The lowest BCUT2D eigenvalue weighted by Gasteiger charge is -2.06. The van der Waals surface area contributed by atoms with Crippen LogP contribution in [0.15, 0.2) is 29.5 Å². The van der Waals surface area contributed by atoms with Crippen molar-refractivity contribution in [1.29, 1.82) is 0 Å². The maximum Gasteiger partial charge on any atom is 0.250 e. The normalized spacial score (nSPS) is 19.8. The van der Waals surface area contributed by atoms with E-state index in [1.165, 1.54) is 0 Å². The zero-order valence-corrected chi connectivity index (χ0v) is 9.47. The number of aliphatic imine (C=N–C) groups is 1. The third-order valence-electron chi connectivity index (χ3n) is 2.58. The Labute approximate surface area is 94.8 Å². The minimum absolute atomic E-state index is 0.0130. The molecule has 1 aliphatic heterocycles. The predicted molar refractivity (Wildman–Crippen MR) is 62.1 cm³/mol. The van der Waals surface area contributed by atoms with Gasteiger partial charge in [-0.25, -0.2) is 0 Å². The molecule has 0 saturated carbocycles. The molecule has 4 nitrogen and oxygen atoms in total. The first-order chi connectivity index (χ1) is 7.66. The fourth-order valence-electron chi connectivity index (χ4n) is 1.71. The topological polar surface area (TPSA) is 54.4 Å². The van der Waals surface area contributed by atoms with Crippen molar-refractivity contribution in [2.75, 3.05) is 0 Å². The number of amidine groups is 1. The lowest BCUT2D eigenvalue weighted by atomic mass is 10.1. The molecule has 0 radical (unpaired) electrons. The molecule has 2 rings (SSSR count). The number of nitrogens with zero attached hydrogens (tertiary/aromatic N) is 2. The second-order valence-electron chi connectivity index (χ2n) is 4.29. The Morgan fingerprint density at radius 2 is 2.06 bits per heavy atom. The molecule has 0 aromatic carbocycles. The summed E-state index contributed by atoms with van der Waals surface area (Å²) >= 11 is 0. The average molecular weight is 217 g/mol. The molecule has 0 fully saturated rings. The van der Waals surface area contributed by atoms with Crippen molar-refractivity contribution in [1.82, 2.24) is 10.3 Å². The largest absolute Gasteiger partial charge is 0.312 e. The Balaban J connectivity index is 2.08. The molecule has 0 aliphatic carbocycles. The van der Waals surface area contributed by atoms with E-state index in [-0.39, 0.29) is 17.9 Å². The molecule has 4 heteroatoms. The van der Waals surface area contributed by atoms with E-state index in [0.29, 0.717) is 6.42 Å². The summed E-state index contributed by atoms with van der Waals surface area (Å²) in [6.07, 6.45) is 4.15. The van der Waals surface area contributed by atoms with Gasteiger partial charge in [0.2, 0.25) is 5.91 Å². The zero-order valence-electron chi connectivity index (χ0n) is 9.47. The molecule has 1 N–H and O–H groups in total. The van der Waals surface area contributed by atoms with Crippen LogP contribution in [0.5, 0.6) is 0 Å². The number of amides is 1. The summed E-state index contributed by atoms with van der Waals surface area (Å²) in [4.78, 5) is 19.9. The monoisotopic (exact) mass is 217 g/mol. The highest BCUT2D eigenvalue weighted by molar-refractivity contribution is 6.06. The molecule has 1 amide bonds. The van der Waals surface area contributed by atoms with E-state index >= 15 is 0 Å². The van der Waals surface area contributed by atoms with Crippen LogP contribution in [-0.4, -0.2) is 22.8 Å². The molecule has 0 spiro atoms. The zero-order chi connectivity index (χ0) is 11.5. The summed E-state index contributed by atoms with van der Waals surface area (Å²) in [5, 5.41) is 2.82. The number of carbonyl (C=O) groups excluding carboxylic acids is 1. The molecule has 2 heterocycles.